The van der Waals surface area contributed by atoms with Crippen LogP contribution in [0.2, 0.25) is 0 Å². The second-order valence-corrected chi connectivity index (χ2v) is 4.82. The van der Waals surface area contributed by atoms with E-state index in [1.165, 1.54) is 0 Å². The topological polar surface area (TPSA) is 97.5 Å². The van der Waals surface area contributed by atoms with Crippen LogP contribution in [0, 0.1) is 0 Å². The van der Waals surface area contributed by atoms with Gasteiger partial charge >= 0.3 is 10.4 Å². The van der Waals surface area contributed by atoms with Gasteiger partial charge in [-0.15, -0.1) is 4.28 Å². The molecule has 2 heterocycles. The maximum absolute atomic E-state index is 11.1. The lowest BCUT2D eigenvalue weighted by Crippen LogP contribution is -2.53. The van der Waals surface area contributed by atoms with E-state index in [2.05, 4.69) is 18.6 Å². The van der Waals surface area contributed by atoms with Crippen LogP contribution in [0.5, 0.6) is 0 Å². The van der Waals surface area contributed by atoms with Gasteiger partial charge in [0, 0.05) is 13.1 Å². The fraction of sp³-hybridized carbons (Fsp3) is 0.857. The van der Waals surface area contributed by atoms with Crippen molar-refractivity contribution in [2.45, 2.75) is 25.9 Å². The molecular formula is C7H14N4O4S. The van der Waals surface area contributed by atoms with Gasteiger partial charge in [-0.05, 0) is 24.9 Å². The van der Waals surface area contributed by atoms with Crippen LogP contribution in [0.3, 0.4) is 0 Å². The highest BCUT2D eigenvalue weighted by molar-refractivity contribution is 7.81. The molecule has 92 valence electrons. The van der Waals surface area contributed by atoms with Crippen LogP contribution in [0.4, 0.5) is 0 Å². The SMILES string of the molecule is CC(N1CCCC1)N1OS(=O)(=O)ON=C1N. The summed E-state index contributed by atoms with van der Waals surface area (Å²) in [5.41, 5.74) is 5.50. The molecule has 0 aromatic carbocycles. The Hall–Kier alpha value is -1.06. The Balaban J connectivity index is 2.13. The fourth-order valence-corrected chi connectivity index (χ4v) is 2.38. The monoisotopic (exact) mass is 250 g/mol. The summed E-state index contributed by atoms with van der Waals surface area (Å²) in [7, 11) is -4.11. The Morgan fingerprint density at radius 1 is 1.44 bits per heavy atom. The Kier molecular flexibility index (Phi) is 2.91. The van der Waals surface area contributed by atoms with Gasteiger partial charge in [-0.1, -0.05) is 0 Å². The lowest BCUT2D eigenvalue weighted by Gasteiger charge is -2.34. The third-order valence-corrected chi connectivity index (χ3v) is 3.23. The lowest BCUT2D eigenvalue weighted by atomic mass is 10.4. The van der Waals surface area contributed by atoms with Crippen molar-refractivity contribution in [2.24, 2.45) is 10.9 Å². The fourth-order valence-electron chi connectivity index (χ4n) is 1.79. The molecule has 1 saturated heterocycles. The van der Waals surface area contributed by atoms with Crippen molar-refractivity contribution in [1.82, 2.24) is 9.96 Å². The number of nitrogens with two attached hydrogens (primary N) is 1. The molecule has 0 amide bonds. The number of hydrogen-bond acceptors (Lipinski definition) is 8. The maximum atomic E-state index is 11.1. The summed E-state index contributed by atoms with van der Waals surface area (Å²) in [5, 5.41) is 4.28. The molecule has 0 radical (unpaired) electrons. The third-order valence-electron chi connectivity index (χ3n) is 2.63. The van der Waals surface area contributed by atoms with E-state index in [0.29, 0.717) is 0 Å². The Bertz CT molecular complexity index is 389. The molecule has 16 heavy (non-hydrogen) atoms. The van der Waals surface area contributed by atoms with E-state index in [1.807, 2.05) is 0 Å². The number of rotatable bonds is 2. The molecule has 9 heteroatoms. The first kappa shape index (κ1) is 11.4. The largest absolute Gasteiger partial charge is 0.491 e. The molecule has 2 aliphatic heterocycles. The minimum Gasteiger partial charge on any atom is -0.365 e. The van der Waals surface area contributed by atoms with E-state index < -0.39 is 10.4 Å². The number of likely N-dealkylation sites (tertiary alicyclic amines) is 1. The van der Waals surface area contributed by atoms with Crippen molar-refractivity contribution in [3.05, 3.63) is 0 Å². The molecule has 0 spiro atoms. The van der Waals surface area contributed by atoms with Gasteiger partial charge in [0.2, 0.25) is 0 Å². The summed E-state index contributed by atoms with van der Waals surface area (Å²) in [5.74, 6) is -0.103. The molecular weight excluding hydrogens is 236 g/mol. The van der Waals surface area contributed by atoms with Crippen molar-refractivity contribution in [1.29, 1.82) is 0 Å². The number of guanidine groups is 1. The number of hydroxylamine groups is 2. The highest BCUT2D eigenvalue weighted by Crippen LogP contribution is 2.18. The predicted octanol–water partition coefficient (Wildman–Crippen LogP) is -0.833. The summed E-state index contributed by atoms with van der Waals surface area (Å²) in [6, 6.07) is 0. The van der Waals surface area contributed by atoms with Crippen molar-refractivity contribution in [3.8, 4) is 0 Å². The molecule has 0 aliphatic carbocycles. The normalized spacial score (nSPS) is 27.3. The second kappa shape index (κ2) is 4.07. The summed E-state index contributed by atoms with van der Waals surface area (Å²) < 4.78 is 30.8. The average Bonchev–Trinajstić information content (AvgIpc) is 2.74. The van der Waals surface area contributed by atoms with E-state index in [4.69, 9.17) is 5.73 Å². The number of nitrogens with zero attached hydrogens (tertiary/aromatic N) is 3. The zero-order chi connectivity index (χ0) is 11.8. The van der Waals surface area contributed by atoms with E-state index in [9.17, 15) is 8.42 Å². The molecule has 1 unspecified atom stereocenters. The number of hydrogen-bond donors (Lipinski definition) is 1. The van der Waals surface area contributed by atoms with Gasteiger partial charge in [0.15, 0.2) is 0 Å². The average molecular weight is 250 g/mol. The first-order valence-corrected chi connectivity index (χ1v) is 6.33. The van der Waals surface area contributed by atoms with Gasteiger partial charge in [0.1, 0.15) is 6.17 Å². The molecule has 2 N–H and O–H groups in total. The van der Waals surface area contributed by atoms with Crippen molar-refractivity contribution >= 4 is 16.4 Å². The Labute approximate surface area is 93.9 Å². The predicted molar refractivity (Wildman–Crippen MR) is 54.8 cm³/mol. The van der Waals surface area contributed by atoms with Crippen molar-refractivity contribution in [2.75, 3.05) is 13.1 Å². The van der Waals surface area contributed by atoms with Crippen LogP contribution < -0.4 is 5.73 Å². The lowest BCUT2D eigenvalue weighted by molar-refractivity contribution is -0.0891. The summed E-state index contributed by atoms with van der Waals surface area (Å²) in [6.07, 6.45) is 1.88. The molecule has 0 saturated carbocycles. The molecule has 1 fully saturated rings. The second-order valence-electron chi connectivity index (χ2n) is 3.71. The molecule has 2 rings (SSSR count). The molecule has 8 nitrogen and oxygen atoms in total. The first-order valence-electron chi connectivity index (χ1n) is 4.99. The van der Waals surface area contributed by atoms with Gasteiger partial charge in [-0.2, -0.15) is 13.5 Å². The quantitative estimate of drug-likeness (QED) is 0.682. The molecule has 0 bridgehead atoms. The summed E-state index contributed by atoms with van der Waals surface area (Å²) in [6.45, 7) is 3.57. The molecule has 0 aromatic rings. The standard InChI is InChI=1S/C7H14N4O4S/c1-6(10-4-2-3-5-10)11-7(8)9-14-16(12,13)15-11/h6H,2-5H2,1H3,(H2,8,9). The smallest absolute Gasteiger partial charge is 0.365 e. The van der Waals surface area contributed by atoms with Crippen molar-refractivity contribution < 1.29 is 17.0 Å². The zero-order valence-electron chi connectivity index (χ0n) is 8.87. The number of oxime groups is 1. The third kappa shape index (κ3) is 2.20. The summed E-state index contributed by atoms with van der Waals surface area (Å²) >= 11 is 0. The zero-order valence-corrected chi connectivity index (χ0v) is 9.68. The van der Waals surface area contributed by atoms with Crippen LogP contribution in [0.25, 0.3) is 0 Å². The minimum absolute atomic E-state index is 0.103. The van der Waals surface area contributed by atoms with E-state index >= 15 is 0 Å². The minimum atomic E-state index is -4.11. The van der Waals surface area contributed by atoms with Gasteiger partial charge < -0.3 is 5.73 Å². The Morgan fingerprint density at radius 3 is 2.69 bits per heavy atom. The highest BCUT2D eigenvalue weighted by Gasteiger charge is 2.34. The molecule has 0 aromatic heterocycles. The van der Waals surface area contributed by atoms with Gasteiger partial charge in [0.05, 0.1) is 0 Å². The first-order chi connectivity index (χ1) is 7.49. The molecule has 1 atom stereocenters. The van der Waals surface area contributed by atoms with Gasteiger partial charge in [-0.25, -0.2) is 4.28 Å². The van der Waals surface area contributed by atoms with Crippen LogP contribution >= 0.6 is 0 Å². The van der Waals surface area contributed by atoms with E-state index in [1.54, 1.807) is 6.92 Å². The van der Waals surface area contributed by atoms with Gasteiger partial charge in [-0.3, -0.25) is 4.90 Å². The summed E-state index contributed by atoms with van der Waals surface area (Å²) in [4.78, 5) is 2.06. The van der Waals surface area contributed by atoms with Gasteiger partial charge in [0.25, 0.3) is 5.96 Å². The van der Waals surface area contributed by atoms with Crippen LogP contribution in [-0.2, 0) is 19.0 Å². The Morgan fingerprint density at radius 2 is 2.06 bits per heavy atom. The van der Waals surface area contributed by atoms with Crippen LogP contribution in [0.15, 0.2) is 5.16 Å². The van der Waals surface area contributed by atoms with E-state index in [-0.39, 0.29) is 12.1 Å². The molecule has 2 aliphatic rings. The van der Waals surface area contributed by atoms with E-state index in [0.717, 1.165) is 31.0 Å². The van der Waals surface area contributed by atoms with Crippen molar-refractivity contribution in [3.63, 3.8) is 0 Å². The van der Waals surface area contributed by atoms with Crippen LogP contribution in [-0.4, -0.2) is 43.6 Å². The highest BCUT2D eigenvalue weighted by atomic mass is 32.3. The maximum Gasteiger partial charge on any atom is 0.491 e. The van der Waals surface area contributed by atoms with Crippen LogP contribution in [0.1, 0.15) is 19.8 Å².